The van der Waals surface area contributed by atoms with E-state index < -0.39 is 6.10 Å². The van der Waals surface area contributed by atoms with Gasteiger partial charge in [-0.25, -0.2) is 0 Å². The van der Waals surface area contributed by atoms with Gasteiger partial charge in [-0.3, -0.25) is 0 Å². The zero-order valence-electron chi connectivity index (χ0n) is 11.2. The standard InChI is InChI=1S/C16H18O3/c1-12(17)14-5-9-16(10-6-14)19-11-13-3-7-15(18-2)8-4-13/h3-10,12,17H,11H2,1-2H3. The first kappa shape index (κ1) is 13.4. The van der Waals surface area contributed by atoms with Crippen LogP contribution in [0.15, 0.2) is 48.5 Å². The highest BCUT2D eigenvalue weighted by Gasteiger charge is 2.01. The summed E-state index contributed by atoms with van der Waals surface area (Å²) in [5, 5.41) is 9.42. The van der Waals surface area contributed by atoms with E-state index in [4.69, 9.17) is 9.47 Å². The molecule has 0 heterocycles. The van der Waals surface area contributed by atoms with Crippen molar-refractivity contribution < 1.29 is 14.6 Å². The number of ether oxygens (including phenoxy) is 2. The molecular weight excluding hydrogens is 240 g/mol. The molecule has 2 aromatic carbocycles. The SMILES string of the molecule is COc1ccc(COc2ccc(C(C)O)cc2)cc1. The van der Waals surface area contributed by atoms with Crippen molar-refractivity contribution in [2.24, 2.45) is 0 Å². The van der Waals surface area contributed by atoms with Crippen molar-refractivity contribution in [1.29, 1.82) is 0 Å². The predicted octanol–water partition coefficient (Wildman–Crippen LogP) is 3.33. The highest BCUT2D eigenvalue weighted by atomic mass is 16.5. The average molecular weight is 258 g/mol. The molecule has 0 saturated carbocycles. The summed E-state index contributed by atoms with van der Waals surface area (Å²) in [6.45, 7) is 2.26. The molecule has 2 aromatic rings. The van der Waals surface area contributed by atoms with Crippen molar-refractivity contribution in [1.82, 2.24) is 0 Å². The highest BCUT2D eigenvalue weighted by Crippen LogP contribution is 2.19. The number of rotatable bonds is 5. The summed E-state index contributed by atoms with van der Waals surface area (Å²) in [4.78, 5) is 0. The molecule has 1 unspecified atom stereocenters. The number of hydrogen-bond donors (Lipinski definition) is 1. The first-order valence-corrected chi connectivity index (χ1v) is 6.23. The number of methoxy groups -OCH3 is 1. The van der Waals surface area contributed by atoms with Gasteiger partial charge in [0, 0.05) is 0 Å². The minimum atomic E-state index is -0.448. The lowest BCUT2D eigenvalue weighted by Crippen LogP contribution is -1.96. The third-order valence-electron chi connectivity index (χ3n) is 2.93. The van der Waals surface area contributed by atoms with Crippen LogP contribution in [0, 0.1) is 0 Å². The molecule has 0 saturated heterocycles. The number of hydrogen-bond acceptors (Lipinski definition) is 3. The van der Waals surface area contributed by atoms with Gasteiger partial charge in [0.05, 0.1) is 13.2 Å². The summed E-state index contributed by atoms with van der Waals surface area (Å²) in [6, 6.07) is 15.2. The fraction of sp³-hybridized carbons (Fsp3) is 0.250. The van der Waals surface area contributed by atoms with E-state index in [2.05, 4.69) is 0 Å². The van der Waals surface area contributed by atoms with E-state index in [-0.39, 0.29) is 0 Å². The van der Waals surface area contributed by atoms with Gasteiger partial charge < -0.3 is 14.6 Å². The molecule has 0 fully saturated rings. The monoisotopic (exact) mass is 258 g/mol. The van der Waals surface area contributed by atoms with Crippen molar-refractivity contribution in [3.05, 3.63) is 59.7 Å². The summed E-state index contributed by atoms with van der Waals surface area (Å²) >= 11 is 0. The Morgan fingerprint density at radius 3 is 2.05 bits per heavy atom. The first-order chi connectivity index (χ1) is 9.19. The van der Waals surface area contributed by atoms with Gasteiger partial charge in [0.25, 0.3) is 0 Å². The molecule has 19 heavy (non-hydrogen) atoms. The molecule has 0 aliphatic rings. The summed E-state index contributed by atoms with van der Waals surface area (Å²) in [5.41, 5.74) is 1.97. The minimum Gasteiger partial charge on any atom is -0.497 e. The quantitative estimate of drug-likeness (QED) is 0.894. The molecule has 0 aromatic heterocycles. The maximum Gasteiger partial charge on any atom is 0.119 e. The lowest BCUT2D eigenvalue weighted by Gasteiger charge is -2.09. The van der Waals surface area contributed by atoms with Crippen molar-refractivity contribution in [3.63, 3.8) is 0 Å². The molecule has 0 radical (unpaired) electrons. The second-order valence-corrected chi connectivity index (χ2v) is 4.38. The van der Waals surface area contributed by atoms with E-state index in [0.29, 0.717) is 6.61 Å². The zero-order chi connectivity index (χ0) is 13.7. The van der Waals surface area contributed by atoms with Crippen LogP contribution < -0.4 is 9.47 Å². The van der Waals surface area contributed by atoms with Crippen LogP contribution in [0.25, 0.3) is 0 Å². The summed E-state index contributed by atoms with van der Waals surface area (Å²) < 4.78 is 10.8. The van der Waals surface area contributed by atoms with Crippen LogP contribution in [0.2, 0.25) is 0 Å². The topological polar surface area (TPSA) is 38.7 Å². The second kappa shape index (κ2) is 6.25. The first-order valence-electron chi connectivity index (χ1n) is 6.23. The molecule has 1 atom stereocenters. The van der Waals surface area contributed by atoms with Crippen LogP contribution >= 0.6 is 0 Å². The van der Waals surface area contributed by atoms with Gasteiger partial charge in [0.1, 0.15) is 18.1 Å². The number of aliphatic hydroxyl groups excluding tert-OH is 1. The molecule has 0 amide bonds. The number of benzene rings is 2. The van der Waals surface area contributed by atoms with Gasteiger partial charge in [0.15, 0.2) is 0 Å². The van der Waals surface area contributed by atoms with Crippen molar-refractivity contribution in [2.75, 3.05) is 7.11 Å². The molecule has 3 nitrogen and oxygen atoms in total. The maximum absolute atomic E-state index is 9.42. The van der Waals surface area contributed by atoms with Crippen molar-refractivity contribution >= 4 is 0 Å². The lowest BCUT2D eigenvalue weighted by molar-refractivity contribution is 0.199. The van der Waals surface area contributed by atoms with Gasteiger partial charge in [0.2, 0.25) is 0 Å². The zero-order valence-corrected chi connectivity index (χ0v) is 11.2. The Hall–Kier alpha value is -2.00. The third-order valence-corrected chi connectivity index (χ3v) is 2.93. The molecule has 0 aliphatic carbocycles. The Morgan fingerprint density at radius 1 is 0.947 bits per heavy atom. The second-order valence-electron chi connectivity index (χ2n) is 4.38. The summed E-state index contributed by atoms with van der Waals surface area (Å²) in [5.74, 6) is 1.63. The molecule has 2 rings (SSSR count). The largest absolute Gasteiger partial charge is 0.497 e. The van der Waals surface area contributed by atoms with Gasteiger partial charge in [-0.1, -0.05) is 24.3 Å². The highest BCUT2D eigenvalue weighted by molar-refractivity contribution is 5.30. The van der Waals surface area contributed by atoms with Crippen LogP contribution in [0.3, 0.4) is 0 Å². The summed E-state index contributed by atoms with van der Waals surface area (Å²) in [6.07, 6.45) is -0.448. The minimum absolute atomic E-state index is 0.448. The summed E-state index contributed by atoms with van der Waals surface area (Å²) in [7, 11) is 1.65. The maximum atomic E-state index is 9.42. The lowest BCUT2D eigenvalue weighted by atomic mass is 10.1. The Labute approximate surface area is 113 Å². The average Bonchev–Trinajstić information content (AvgIpc) is 2.46. The van der Waals surface area contributed by atoms with Crippen LogP contribution in [0.4, 0.5) is 0 Å². The van der Waals surface area contributed by atoms with E-state index in [1.807, 2.05) is 48.5 Å². The van der Waals surface area contributed by atoms with Crippen molar-refractivity contribution in [3.8, 4) is 11.5 Å². The normalized spacial score (nSPS) is 11.9. The van der Waals surface area contributed by atoms with Gasteiger partial charge in [-0.05, 0) is 42.3 Å². The molecule has 1 N–H and O–H groups in total. The third kappa shape index (κ3) is 3.73. The Kier molecular flexibility index (Phi) is 4.42. The fourth-order valence-electron chi connectivity index (χ4n) is 1.73. The molecule has 0 aliphatic heterocycles. The van der Waals surface area contributed by atoms with E-state index >= 15 is 0 Å². The molecule has 3 heteroatoms. The molecule has 0 spiro atoms. The predicted molar refractivity (Wildman–Crippen MR) is 74.4 cm³/mol. The van der Waals surface area contributed by atoms with Crippen LogP contribution in [0.1, 0.15) is 24.2 Å². The van der Waals surface area contributed by atoms with E-state index in [0.717, 1.165) is 22.6 Å². The van der Waals surface area contributed by atoms with E-state index in [9.17, 15) is 5.11 Å². The van der Waals surface area contributed by atoms with E-state index in [1.54, 1.807) is 14.0 Å². The molecular formula is C16H18O3. The van der Waals surface area contributed by atoms with Gasteiger partial charge >= 0.3 is 0 Å². The van der Waals surface area contributed by atoms with E-state index in [1.165, 1.54) is 0 Å². The van der Waals surface area contributed by atoms with Crippen molar-refractivity contribution in [2.45, 2.75) is 19.6 Å². The van der Waals surface area contributed by atoms with Gasteiger partial charge in [-0.15, -0.1) is 0 Å². The van der Waals surface area contributed by atoms with Crippen LogP contribution in [-0.2, 0) is 6.61 Å². The Morgan fingerprint density at radius 2 is 1.53 bits per heavy atom. The van der Waals surface area contributed by atoms with Gasteiger partial charge in [-0.2, -0.15) is 0 Å². The molecule has 100 valence electrons. The van der Waals surface area contributed by atoms with Crippen LogP contribution in [0.5, 0.6) is 11.5 Å². The smallest absolute Gasteiger partial charge is 0.119 e. The van der Waals surface area contributed by atoms with Crippen LogP contribution in [-0.4, -0.2) is 12.2 Å². The molecule has 0 bridgehead atoms. The Balaban J connectivity index is 1.94. The Bertz CT molecular complexity index is 501. The fourth-order valence-corrected chi connectivity index (χ4v) is 1.73. The number of aliphatic hydroxyl groups is 1.